The first-order valence-corrected chi connectivity index (χ1v) is 8.71. The lowest BCUT2D eigenvalue weighted by molar-refractivity contribution is -0.384. The molecule has 0 heterocycles. The molecule has 0 aliphatic heterocycles. The van der Waals surface area contributed by atoms with E-state index in [0.29, 0.717) is 18.0 Å². The molecule has 2 rings (SSSR count). The standard InChI is InChI=1S/C19H20N4O6/c1-2-29-16-6-3-14(4-7-16)21-18(25)9-10-19(26)22-20-12-13-11-15(23(27)28)5-8-17(13)24/h3-8,11-12,24H,2,9-10H2,1H3,(H,21,25)(H,22,26)/b20-12+. The molecule has 0 saturated carbocycles. The molecule has 0 spiro atoms. The first-order valence-electron chi connectivity index (χ1n) is 8.71. The average molecular weight is 400 g/mol. The summed E-state index contributed by atoms with van der Waals surface area (Å²) in [6.45, 7) is 2.42. The van der Waals surface area contributed by atoms with E-state index in [1.54, 1.807) is 24.3 Å². The topological polar surface area (TPSA) is 143 Å². The van der Waals surface area contributed by atoms with E-state index >= 15 is 0 Å². The van der Waals surface area contributed by atoms with Gasteiger partial charge in [0, 0.05) is 36.2 Å². The lowest BCUT2D eigenvalue weighted by atomic mass is 10.2. The highest BCUT2D eigenvalue weighted by molar-refractivity contribution is 5.93. The van der Waals surface area contributed by atoms with Gasteiger partial charge in [-0.3, -0.25) is 19.7 Å². The minimum Gasteiger partial charge on any atom is -0.507 e. The molecule has 0 aliphatic carbocycles. The third-order valence-corrected chi connectivity index (χ3v) is 3.64. The molecule has 0 fully saturated rings. The molecule has 0 aliphatic rings. The van der Waals surface area contributed by atoms with Crippen LogP contribution in [-0.2, 0) is 9.59 Å². The quantitative estimate of drug-likeness (QED) is 0.335. The zero-order chi connectivity index (χ0) is 21.2. The number of carbonyl (C=O) groups excluding carboxylic acids is 2. The molecule has 10 nitrogen and oxygen atoms in total. The number of rotatable bonds is 9. The highest BCUT2D eigenvalue weighted by Gasteiger charge is 2.10. The Morgan fingerprint density at radius 2 is 1.86 bits per heavy atom. The van der Waals surface area contributed by atoms with Crippen LogP contribution < -0.4 is 15.5 Å². The Labute approximate surface area is 166 Å². The minimum atomic E-state index is -0.613. The molecule has 2 amide bonds. The first kappa shape index (κ1) is 21.4. The Morgan fingerprint density at radius 3 is 2.52 bits per heavy atom. The van der Waals surface area contributed by atoms with E-state index in [9.17, 15) is 24.8 Å². The van der Waals surface area contributed by atoms with Crippen molar-refractivity contribution in [1.29, 1.82) is 0 Å². The summed E-state index contributed by atoms with van der Waals surface area (Å²) in [7, 11) is 0. The van der Waals surface area contributed by atoms with Crippen molar-refractivity contribution in [2.24, 2.45) is 5.10 Å². The fraction of sp³-hybridized carbons (Fsp3) is 0.211. The molecule has 152 valence electrons. The summed E-state index contributed by atoms with van der Waals surface area (Å²) >= 11 is 0. The molecule has 2 aromatic carbocycles. The zero-order valence-corrected chi connectivity index (χ0v) is 15.6. The van der Waals surface area contributed by atoms with Crippen LogP contribution >= 0.6 is 0 Å². The lowest BCUT2D eigenvalue weighted by Crippen LogP contribution is -2.20. The largest absolute Gasteiger partial charge is 0.507 e. The molecule has 0 unspecified atom stereocenters. The number of anilines is 1. The second kappa shape index (κ2) is 10.4. The molecule has 3 N–H and O–H groups in total. The van der Waals surface area contributed by atoms with E-state index in [0.717, 1.165) is 24.4 Å². The van der Waals surface area contributed by atoms with Gasteiger partial charge in [-0.05, 0) is 37.3 Å². The number of hydrogen-bond acceptors (Lipinski definition) is 7. The fourth-order valence-electron chi connectivity index (χ4n) is 2.24. The van der Waals surface area contributed by atoms with Gasteiger partial charge < -0.3 is 15.2 Å². The number of benzene rings is 2. The molecule has 0 aromatic heterocycles. The van der Waals surface area contributed by atoms with Crippen molar-refractivity contribution < 1.29 is 24.4 Å². The average Bonchev–Trinajstić information content (AvgIpc) is 2.69. The van der Waals surface area contributed by atoms with Gasteiger partial charge in [0.05, 0.1) is 17.7 Å². The summed E-state index contributed by atoms with van der Waals surface area (Å²) in [6.07, 6.45) is 0.915. The number of nitro groups is 1. The van der Waals surface area contributed by atoms with Gasteiger partial charge in [-0.1, -0.05) is 0 Å². The van der Waals surface area contributed by atoms with Crippen LogP contribution in [0.15, 0.2) is 47.6 Å². The van der Waals surface area contributed by atoms with Crippen LogP contribution in [0.4, 0.5) is 11.4 Å². The minimum absolute atomic E-state index is 0.0589. The van der Waals surface area contributed by atoms with Crippen LogP contribution in [-0.4, -0.2) is 34.7 Å². The third-order valence-electron chi connectivity index (χ3n) is 3.64. The lowest BCUT2D eigenvalue weighted by Gasteiger charge is -2.07. The van der Waals surface area contributed by atoms with Crippen LogP contribution in [0.3, 0.4) is 0 Å². The zero-order valence-electron chi connectivity index (χ0n) is 15.6. The monoisotopic (exact) mass is 400 g/mol. The SMILES string of the molecule is CCOc1ccc(NC(=O)CCC(=O)N/N=C/c2cc([N+](=O)[O-])ccc2O)cc1. The first-order chi connectivity index (χ1) is 13.9. The Morgan fingerprint density at radius 1 is 1.17 bits per heavy atom. The van der Waals surface area contributed by atoms with Gasteiger partial charge >= 0.3 is 0 Å². The number of amides is 2. The number of hydrazone groups is 1. The number of aromatic hydroxyl groups is 1. The van der Waals surface area contributed by atoms with E-state index in [-0.39, 0.29) is 35.7 Å². The van der Waals surface area contributed by atoms with Crippen LogP contribution in [0.1, 0.15) is 25.3 Å². The van der Waals surface area contributed by atoms with E-state index in [1.165, 1.54) is 0 Å². The normalized spacial score (nSPS) is 10.5. The predicted octanol–water partition coefficient (Wildman–Crippen LogP) is 2.57. The van der Waals surface area contributed by atoms with Gasteiger partial charge in [-0.2, -0.15) is 5.10 Å². The van der Waals surface area contributed by atoms with Gasteiger partial charge in [0.15, 0.2) is 0 Å². The van der Waals surface area contributed by atoms with Gasteiger partial charge in [-0.15, -0.1) is 0 Å². The molecule has 2 aromatic rings. The molecule has 0 atom stereocenters. The smallest absolute Gasteiger partial charge is 0.270 e. The second-order valence-corrected chi connectivity index (χ2v) is 5.80. The van der Waals surface area contributed by atoms with Crippen LogP contribution in [0.25, 0.3) is 0 Å². The summed E-state index contributed by atoms with van der Waals surface area (Å²) in [5.74, 6) is -0.390. The number of nitro benzene ring substituents is 1. The van der Waals surface area contributed by atoms with Crippen molar-refractivity contribution in [3.05, 3.63) is 58.1 Å². The van der Waals surface area contributed by atoms with E-state index in [4.69, 9.17) is 4.74 Å². The summed E-state index contributed by atoms with van der Waals surface area (Å²) in [4.78, 5) is 33.8. The Hall–Kier alpha value is -3.95. The Kier molecular flexibility index (Phi) is 7.66. The molecule has 0 bridgehead atoms. The van der Waals surface area contributed by atoms with Gasteiger partial charge in [0.2, 0.25) is 11.8 Å². The number of nitrogens with one attached hydrogen (secondary N) is 2. The molecular formula is C19H20N4O6. The van der Waals surface area contributed by atoms with E-state index in [1.807, 2.05) is 6.92 Å². The van der Waals surface area contributed by atoms with Crippen molar-refractivity contribution in [3.63, 3.8) is 0 Å². The highest BCUT2D eigenvalue weighted by Crippen LogP contribution is 2.21. The second-order valence-electron chi connectivity index (χ2n) is 5.80. The van der Waals surface area contributed by atoms with E-state index in [2.05, 4.69) is 15.8 Å². The van der Waals surface area contributed by atoms with Gasteiger partial charge in [0.25, 0.3) is 5.69 Å². The van der Waals surface area contributed by atoms with Crippen molar-refractivity contribution >= 4 is 29.4 Å². The van der Waals surface area contributed by atoms with Crippen molar-refractivity contribution in [1.82, 2.24) is 5.43 Å². The van der Waals surface area contributed by atoms with Crippen LogP contribution in [0.5, 0.6) is 11.5 Å². The van der Waals surface area contributed by atoms with Gasteiger partial charge in [0.1, 0.15) is 11.5 Å². The number of ether oxygens (including phenoxy) is 1. The van der Waals surface area contributed by atoms with Crippen LogP contribution in [0, 0.1) is 10.1 Å². The number of non-ortho nitro benzene ring substituents is 1. The maximum atomic E-state index is 11.9. The van der Waals surface area contributed by atoms with Crippen molar-refractivity contribution in [3.8, 4) is 11.5 Å². The summed E-state index contributed by atoms with van der Waals surface area (Å²) in [5.41, 5.74) is 2.64. The van der Waals surface area contributed by atoms with Crippen molar-refractivity contribution in [2.75, 3.05) is 11.9 Å². The number of phenols is 1. The number of carbonyl (C=O) groups is 2. The third kappa shape index (κ3) is 6.94. The number of nitrogens with zero attached hydrogens (tertiary/aromatic N) is 2. The fourth-order valence-corrected chi connectivity index (χ4v) is 2.24. The Bertz CT molecular complexity index is 911. The molecule has 0 radical (unpaired) electrons. The summed E-state index contributed by atoms with van der Waals surface area (Å²) in [5, 5.41) is 26.7. The maximum absolute atomic E-state index is 11.9. The van der Waals surface area contributed by atoms with Crippen LogP contribution in [0.2, 0.25) is 0 Å². The highest BCUT2D eigenvalue weighted by atomic mass is 16.6. The predicted molar refractivity (Wildman–Crippen MR) is 106 cm³/mol. The summed E-state index contributed by atoms with van der Waals surface area (Å²) < 4.78 is 5.31. The Balaban J connectivity index is 1.79. The van der Waals surface area contributed by atoms with Gasteiger partial charge in [-0.25, -0.2) is 5.43 Å². The van der Waals surface area contributed by atoms with Crippen molar-refractivity contribution in [2.45, 2.75) is 19.8 Å². The number of phenolic OH excluding ortho intramolecular Hbond substituents is 1. The molecule has 29 heavy (non-hydrogen) atoms. The molecule has 0 saturated heterocycles. The molecule has 10 heteroatoms. The number of hydrogen-bond donors (Lipinski definition) is 3. The molecular weight excluding hydrogens is 380 g/mol. The summed E-state index contributed by atoms with van der Waals surface area (Å²) in [6, 6.07) is 10.3. The van der Waals surface area contributed by atoms with E-state index < -0.39 is 10.8 Å². The maximum Gasteiger partial charge on any atom is 0.270 e.